The van der Waals surface area contributed by atoms with Gasteiger partial charge in [-0.2, -0.15) is 0 Å². The summed E-state index contributed by atoms with van der Waals surface area (Å²) in [6.45, 7) is 3.34. The van der Waals surface area contributed by atoms with Crippen LogP contribution in [0, 0.1) is 5.92 Å². The highest BCUT2D eigenvalue weighted by Gasteiger charge is 2.16. The number of rotatable bonds is 4. The van der Waals surface area contributed by atoms with Crippen molar-refractivity contribution in [1.82, 2.24) is 24.5 Å². The van der Waals surface area contributed by atoms with E-state index in [1.807, 2.05) is 21.6 Å². The van der Waals surface area contributed by atoms with Gasteiger partial charge in [-0.3, -0.25) is 4.68 Å². The fourth-order valence-corrected chi connectivity index (χ4v) is 2.06. The summed E-state index contributed by atoms with van der Waals surface area (Å²) in [6.07, 6.45) is 8.59. The molecule has 3 rings (SSSR count). The van der Waals surface area contributed by atoms with Crippen LogP contribution in [0.25, 0.3) is 0 Å². The second-order valence-electron chi connectivity index (χ2n) is 4.40. The Morgan fingerprint density at radius 1 is 1.47 bits per heavy atom. The quantitative estimate of drug-likeness (QED) is 0.774. The average Bonchev–Trinajstić information content (AvgIpc) is 3.02. The lowest BCUT2D eigenvalue weighted by Gasteiger charge is -2.05. The molecule has 0 amide bonds. The van der Waals surface area contributed by atoms with E-state index in [-0.39, 0.29) is 0 Å². The standard InChI is InChI=1S/C11H15N5O/c1-4-17-8-10(1)5-16-7-11(13-14-16)6-15-3-2-12-9-15/h2-3,7,9-10H,1,4-6,8H2. The summed E-state index contributed by atoms with van der Waals surface area (Å²) >= 11 is 0. The molecular formula is C11H15N5O. The van der Waals surface area contributed by atoms with Crippen LogP contribution < -0.4 is 0 Å². The first-order valence-electron chi connectivity index (χ1n) is 5.82. The Morgan fingerprint density at radius 3 is 3.24 bits per heavy atom. The number of ether oxygens (including phenoxy) is 1. The number of hydrogen-bond donors (Lipinski definition) is 0. The van der Waals surface area contributed by atoms with E-state index in [0.717, 1.165) is 38.4 Å². The van der Waals surface area contributed by atoms with Crippen molar-refractivity contribution in [2.45, 2.75) is 19.5 Å². The van der Waals surface area contributed by atoms with E-state index in [1.165, 1.54) is 0 Å². The summed E-state index contributed by atoms with van der Waals surface area (Å²) in [6, 6.07) is 0. The van der Waals surface area contributed by atoms with Crippen molar-refractivity contribution in [2.24, 2.45) is 5.92 Å². The van der Waals surface area contributed by atoms with Crippen molar-refractivity contribution < 1.29 is 4.74 Å². The van der Waals surface area contributed by atoms with E-state index in [1.54, 1.807) is 12.5 Å². The van der Waals surface area contributed by atoms with Crippen molar-refractivity contribution >= 4 is 0 Å². The molecule has 1 aliphatic heterocycles. The van der Waals surface area contributed by atoms with Crippen LogP contribution in [0.1, 0.15) is 12.1 Å². The van der Waals surface area contributed by atoms with E-state index in [4.69, 9.17) is 4.74 Å². The van der Waals surface area contributed by atoms with Gasteiger partial charge in [0, 0.05) is 31.5 Å². The predicted molar refractivity (Wildman–Crippen MR) is 60.3 cm³/mol. The van der Waals surface area contributed by atoms with Crippen molar-refractivity contribution in [1.29, 1.82) is 0 Å². The Hall–Kier alpha value is -1.69. The smallest absolute Gasteiger partial charge is 0.102 e. The average molecular weight is 233 g/mol. The molecular weight excluding hydrogens is 218 g/mol. The molecule has 1 aliphatic rings. The molecule has 1 saturated heterocycles. The molecule has 0 bridgehead atoms. The van der Waals surface area contributed by atoms with Gasteiger partial charge in [-0.05, 0) is 6.42 Å². The second kappa shape index (κ2) is 4.67. The third kappa shape index (κ3) is 2.52. The molecule has 0 N–H and O–H groups in total. The second-order valence-corrected chi connectivity index (χ2v) is 4.40. The molecule has 6 heteroatoms. The number of hydrogen-bond acceptors (Lipinski definition) is 4. The minimum atomic E-state index is 0.581. The Bertz CT molecular complexity index is 458. The fraction of sp³-hybridized carbons (Fsp3) is 0.545. The molecule has 90 valence electrons. The minimum absolute atomic E-state index is 0.581. The molecule has 2 aromatic rings. The van der Waals surface area contributed by atoms with E-state index in [2.05, 4.69) is 15.3 Å². The maximum Gasteiger partial charge on any atom is 0.102 e. The van der Waals surface area contributed by atoms with Crippen molar-refractivity contribution in [3.05, 3.63) is 30.6 Å². The highest BCUT2D eigenvalue weighted by atomic mass is 16.5. The molecule has 0 aromatic carbocycles. The lowest BCUT2D eigenvalue weighted by Crippen LogP contribution is -2.11. The maximum atomic E-state index is 5.35. The van der Waals surface area contributed by atoms with Crippen molar-refractivity contribution in [3.63, 3.8) is 0 Å². The number of aromatic nitrogens is 5. The van der Waals surface area contributed by atoms with Crippen LogP contribution in [-0.2, 0) is 17.8 Å². The van der Waals surface area contributed by atoms with Gasteiger partial charge in [-0.15, -0.1) is 5.10 Å². The first-order valence-corrected chi connectivity index (χ1v) is 5.82. The predicted octanol–water partition coefficient (Wildman–Crippen LogP) is 0.559. The van der Waals surface area contributed by atoms with Crippen LogP contribution >= 0.6 is 0 Å². The van der Waals surface area contributed by atoms with Gasteiger partial charge < -0.3 is 9.30 Å². The minimum Gasteiger partial charge on any atom is -0.381 e. The van der Waals surface area contributed by atoms with E-state index in [0.29, 0.717) is 5.92 Å². The van der Waals surface area contributed by atoms with Gasteiger partial charge in [0.2, 0.25) is 0 Å². The molecule has 1 fully saturated rings. The molecule has 0 spiro atoms. The molecule has 0 aliphatic carbocycles. The molecule has 0 saturated carbocycles. The largest absolute Gasteiger partial charge is 0.381 e. The first kappa shape index (κ1) is 10.5. The van der Waals surface area contributed by atoms with Gasteiger partial charge in [0.25, 0.3) is 0 Å². The summed E-state index contributed by atoms with van der Waals surface area (Å²) in [5, 5.41) is 8.29. The van der Waals surface area contributed by atoms with Crippen molar-refractivity contribution in [3.8, 4) is 0 Å². The molecule has 0 radical (unpaired) electrons. The fourth-order valence-electron chi connectivity index (χ4n) is 2.06. The Kier molecular flexibility index (Phi) is 2.87. The zero-order valence-corrected chi connectivity index (χ0v) is 9.57. The third-order valence-electron chi connectivity index (χ3n) is 2.96. The summed E-state index contributed by atoms with van der Waals surface area (Å²) in [5.41, 5.74) is 0.960. The van der Waals surface area contributed by atoms with Gasteiger partial charge in [-0.1, -0.05) is 5.21 Å². The zero-order valence-electron chi connectivity index (χ0n) is 9.57. The molecule has 1 unspecified atom stereocenters. The van der Waals surface area contributed by atoms with Gasteiger partial charge in [0.1, 0.15) is 5.69 Å². The molecule has 6 nitrogen and oxygen atoms in total. The van der Waals surface area contributed by atoms with Crippen molar-refractivity contribution in [2.75, 3.05) is 13.2 Å². The Morgan fingerprint density at radius 2 is 2.47 bits per heavy atom. The Balaban J connectivity index is 1.61. The number of imidazole rings is 1. The van der Waals surface area contributed by atoms with Gasteiger partial charge in [0.05, 0.1) is 25.7 Å². The normalized spacial score (nSPS) is 19.9. The third-order valence-corrected chi connectivity index (χ3v) is 2.96. The summed E-state index contributed by atoms with van der Waals surface area (Å²) in [7, 11) is 0. The monoisotopic (exact) mass is 233 g/mol. The first-order chi connectivity index (χ1) is 8.40. The lowest BCUT2D eigenvalue weighted by atomic mass is 10.1. The maximum absolute atomic E-state index is 5.35. The summed E-state index contributed by atoms with van der Waals surface area (Å²) in [4.78, 5) is 4.00. The molecule has 1 atom stereocenters. The highest BCUT2D eigenvalue weighted by Crippen LogP contribution is 2.14. The van der Waals surface area contributed by atoms with E-state index < -0.39 is 0 Å². The SMILES string of the molecule is c1cn(Cc2cn(CC3CCOC3)nn2)cn1. The van der Waals surface area contributed by atoms with Crippen LogP contribution in [0.15, 0.2) is 24.9 Å². The van der Waals surface area contributed by atoms with Crippen LogP contribution in [-0.4, -0.2) is 37.8 Å². The van der Waals surface area contributed by atoms with Gasteiger partial charge >= 0.3 is 0 Å². The molecule has 17 heavy (non-hydrogen) atoms. The summed E-state index contributed by atoms with van der Waals surface area (Å²) in [5.74, 6) is 0.581. The van der Waals surface area contributed by atoms with Crippen LogP contribution in [0.4, 0.5) is 0 Å². The van der Waals surface area contributed by atoms with Gasteiger partial charge in [0.15, 0.2) is 0 Å². The Labute approximate surface area is 99.2 Å². The molecule has 2 aromatic heterocycles. The van der Waals surface area contributed by atoms with Gasteiger partial charge in [-0.25, -0.2) is 4.98 Å². The van der Waals surface area contributed by atoms with Crippen LogP contribution in [0.2, 0.25) is 0 Å². The molecule has 3 heterocycles. The zero-order chi connectivity index (χ0) is 11.5. The van der Waals surface area contributed by atoms with Crippen LogP contribution in [0.3, 0.4) is 0 Å². The highest BCUT2D eigenvalue weighted by molar-refractivity contribution is 4.94. The summed E-state index contributed by atoms with van der Waals surface area (Å²) < 4.78 is 9.23. The topological polar surface area (TPSA) is 57.8 Å². The number of nitrogens with zero attached hydrogens (tertiary/aromatic N) is 5. The van der Waals surface area contributed by atoms with E-state index in [9.17, 15) is 0 Å². The van der Waals surface area contributed by atoms with Crippen LogP contribution in [0.5, 0.6) is 0 Å². The lowest BCUT2D eigenvalue weighted by molar-refractivity contribution is 0.181. The van der Waals surface area contributed by atoms with E-state index >= 15 is 0 Å².